The average molecular weight is 537 g/mol. The highest BCUT2D eigenvalue weighted by Crippen LogP contribution is 2.47. The van der Waals surface area contributed by atoms with Gasteiger partial charge in [-0.15, -0.1) is 0 Å². The van der Waals surface area contributed by atoms with E-state index in [1.54, 1.807) is 19.9 Å². The normalized spacial score (nSPS) is 21.1. The largest absolute Gasteiger partial charge is 0.458 e. The fraction of sp³-hybridized carbons (Fsp3) is 0.429. The molecule has 0 spiro atoms. The molecule has 1 aliphatic carbocycles. The third-order valence-corrected chi connectivity index (χ3v) is 8.79. The van der Waals surface area contributed by atoms with Crippen molar-refractivity contribution in [3.8, 4) is 11.4 Å². The lowest BCUT2D eigenvalue weighted by atomic mass is 9.81. The van der Waals surface area contributed by atoms with Gasteiger partial charge in [0.1, 0.15) is 17.1 Å². The fourth-order valence-corrected chi connectivity index (χ4v) is 6.56. The van der Waals surface area contributed by atoms with Crippen molar-refractivity contribution in [3.05, 3.63) is 56.0 Å². The number of nitrogens with zero attached hydrogens (tertiary/aromatic N) is 2. The highest BCUT2D eigenvalue weighted by atomic mass is 32.1. The zero-order valence-corrected chi connectivity index (χ0v) is 22.1. The molecule has 1 amide bonds. The number of nitrogens with one attached hydrogen (secondary N) is 1. The predicted molar refractivity (Wildman–Crippen MR) is 141 cm³/mol. The number of ether oxygens (including phenoxy) is 1. The van der Waals surface area contributed by atoms with Crippen molar-refractivity contribution in [1.29, 1.82) is 0 Å². The van der Waals surface area contributed by atoms with Crippen LogP contribution in [-0.2, 0) is 39.5 Å². The van der Waals surface area contributed by atoms with Gasteiger partial charge in [0, 0.05) is 34.6 Å². The van der Waals surface area contributed by atoms with Gasteiger partial charge in [0.15, 0.2) is 5.60 Å². The number of halogens is 1. The number of fused-ring (bicyclic) bond motifs is 5. The number of pyridine rings is 2. The smallest absolute Gasteiger partial charge is 0.343 e. The van der Waals surface area contributed by atoms with E-state index in [2.05, 4.69) is 5.32 Å². The van der Waals surface area contributed by atoms with E-state index in [1.807, 2.05) is 4.57 Å². The van der Waals surface area contributed by atoms with Crippen LogP contribution < -0.4 is 11.1 Å². The number of carbonyl (C=O) groups is 2. The van der Waals surface area contributed by atoms with Gasteiger partial charge in [0.2, 0.25) is 5.91 Å². The molecule has 38 heavy (non-hydrogen) atoms. The number of nitrogens with two attached hydrogens (primary N) is 1. The number of hydrogen-bond acceptors (Lipinski definition) is 7. The van der Waals surface area contributed by atoms with Crippen LogP contribution in [0, 0.1) is 17.4 Å². The third kappa shape index (κ3) is 3.47. The first kappa shape index (κ1) is 25.1. The molecule has 198 valence electrons. The Morgan fingerprint density at radius 3 is 2.89 bits per heavy atom. The van der Waals surface area contributed by atoms with Crippen LogP contribution in [-0.4, -0.2) is 33.1 Å². The highest BCUT2D eigenvalue weighted by molar-refractivity contribution is 7.71. The van der Waals surface area contributed by atoms with Crippen molar-refractivity contribution in [2.75, 3.05) is 6.54 Å². The Bertz CT molecular complexity index is 1620. The number of carbonyl (C=O) groups excluding carboxylic acids is 2. The Morgan fingerprint density at radius 1 is 1.37 bits per heavy atom. The van der Waals surface area contributed by atoms with E-state index in [0.717, 1.165) is 22.1 Å². The van der Waals surface area contributed by atoms with Crippen molar-refractivity contribution in [2.24, 2.45) is 5.73 Å². The summed E-state index contributed by atoms with van der Waals surface area (Å²) in [6.07, 6.45) is 2.31. The van der Waals surface area contributed by atoms with E-state index in [0.29, 0.717) is 77.0 Å². The third-order valence-electron chi connectivity index (χ3n) is 8.32. The minimum atomic E-state index is -1.81. The van der Waals surface area contributed by atoms with Crippen LogP contribution >= 0.6 is 12.2 Å². The second kappa shape index (κ2) is 8.93. The van der Waals surface area contributed by atoms with Crippen LogP contribution in [0.2, 0.25) is 0 Å². The van der Waals surface area contributed by atoms with Crippen LogP contribution in [0.4, 0.5) is 4.39 Å². The molecule has 0 saturated carbocycles. The van der Waals surface area contributed by atoms with E-state index in [-0.39, 0.29) is 30.8 Å². The zero-order valence-electron chi connectivity index (χ0n) is 21.3. The van der Waals surface area contributed by atoms with Gasteiger partial charge < -0.3 is 25.5 Å². The van der Waals surface area contributed by atoms with E-state index in [9.17, 15) is 19.1 Å². The Hall–Kier alpha value is -3.21. The number of cyclic esters (lactones) is 1. The summed E-state index contributed by atoms with van der Waals surface area (Å²) in [6.45, 7) is 4.33. The van der Waals surface area contributed by atoms with Gasteiger partial charge in [0.25, 0.3) is 0 Å². The maximum Gasteiger partial charge on any atom is 0.343 e. The molecule has 4 N–H and O–H groups in total. The van der Waals surface area contributed by atoms with E-state index >= 15 is 0 Å². The maximum atomic E-state index is 15.0. The predicted octanol–water partition coefficient (Wildman–Crippen LogP) is 3.74. The Morgan fingerprint density at radius 2 is 2.16 bits per heavy atom. The molecule has 3 aliphatic rings. The van der Waals surface area contributed by atoms with Crippen molar-refractivity contribution in [2.45, 2.75) is 70.7 Å². The number of hydrogen-bond donors (Lipinski definition) is 3. The van der Waals surface area contributed by atoms with Gasteiger partial charge in [-0.25, -0.2) is 14.2 Å². The quantitative estimate of drug-likeness (QED) is 0.263. The molecular formula is C28H29FN4O4S. The minimum absolute atomic E-state index is 0.0113. The maximum absolute atomic E-state index is 15.0. The topological polar surface area (TPSA) is 119 Å². The molecule has 1 aromatic carbocycles. The van der Waals surface area contributed by atoms with E-state index < -0.39 is 11.6 Å². The first-order valence-corrected chi connectivity index (χ1v) is 13.4. The van der Waals surface area contributed by atoms with Crippen LogP contribution in [0.5, 0.6) is 0 Å². The van der Waals surface area contributed by atoms with Gasteiger partial charge in [-0.05, 0) is 61.9 Å². The fourth-order valence-electron chi connectivity index (χ4n) is 6.23. The summed E-state index contributed by atoms with van der Waals surface area (Å²) in [5.74, 6) is -1.10. The number of benzene rings is 1. The summed E-state index contributed by atoms with van der Waals surface area (Å²) in [5, 5.41) is 15.3. The molecule has 3 aromatic rings. The molecule has 2 atom stereocenters. The number of esters is 1. The van der Waals surface area contributed by atoms with Crippen LogP contribution in [0.15, 0.2) is 12.1 Å². The molecule has 0 radical (unpaired) electrons. The lowest BCUT2D eigenvalue weighted by Gasteiger charge is -2.32. The molecule has 4 heterocycles. The van der Waals surface area contributed by atoms with Crippen LogP contribution in [0.25, 0.3) is 22.3 Å². The summed E-state index contributed by atoms with van der Waals surface area (Å²) < 4.78 is 22.7. The summed E-state index contributed by atoms with van der Waals surface area (Å²) in [6, 6.07) is 2.95. The number of rotatable bonds is 5. The monoisotopic (exact) mass is 536 g/mol. The van der Waals surface area contributed by atoms with Crippen molar-refractivity contribution < 1.29 is 23.8 Å². The molecule has 2 aliphatic heterocycles. The van der Waals surface area contributed by atoms with Gasteiger partial charge in [-0.2, -0.15) is 0 Å². The summed E-state index contributed by atoms with van der Waals surface area (Å²) in [7, 11) is 0. The second-order valence-electron chi connectivity index (χ2n) is 10.4. The SMILES string of the molecule is CC[C@@]1(O)C(=O)OCc2c1cc1n(c2=S)Cc2c-1nc1cc(F)c(C)c3c1c2C(NC(=O)CCCN)CC3. The van der Waals surface area contributed by atoms with E-state index in [1.165, 1.54) is 6.07 Å². The standard InChI is InChI=1S/C28H29FN4O4S/c1-3-28(36)17-9-21-25-15(11-33(21)26(38)16(17)12-37-27(28)35)24-19(31-22(34)5-4-8-30)7-6-14-13(2)18(29)10-20(32-25)23(14)24/h9-10,19,36H,3-8,11-12,30H2,1-2H3,(H,31,34)/t19?,28-/m0/s1. The Balaban J connectivity index is 1.60. The molecule has 1 unspecified atom stereocenters. The van der Waals surface area contributed by atoms with Crippen molar-refractivity contribution in [3.63, 3.8) is 0 Å². The number of aliphatic hydroxyl groups is 1. The molecule has 10 heteroatoms. The Labute approximate surface area is 224 Å². The summed E-state index contributed by atoms with van der Waals surface area (Å²) in [5.41, 5.74) is 9.98. The number of aryl methyl sites for hydroxylation is 1. The number of aromatic nitrogens is 2. The van der Waals surface area contributed by atoms with Crippen molar-refractivity contribution in [1.82, 2.24) is 14.9 Å². The zero-order chi connectivity index (χ0) is 26.9. The minimum Gasteiger partial charge on any atom is -0.458 e. The molecule has 8 nitrogen and oxygen atoms in total. The highest BCUT2D eigenvalue weighted by Gasteiger charge is 2.45. The van der Waals surface area contributed by atoms with Crippen LogP contribution in [0.3, 0.4) is 0 Å². The van der Waals surface area contributed by atoms with Gasteiger partial charge in [0.05, 0.1) is 29.5 Å². The lowest BCUT2D eigenvalue weighted by Crippen LogP contribution is -2.41. The summed E-state index contributed by atoms with van der Waals surface area (Å²) in [4.78, 5) is 30.2. The second-order valence-corrected chi connectivity index (χ2v) is 10.7. The molecule has 0 bridgehead atoms. The van der Waals surface area contributed by atoms with Gasteiger partial charge >= 0.3 is 5.97 Å². The van der Waals surface area contributed by atoms with Gasteiger partial charge in [-0.3, -0.25) is 4.79 Å². The van der Waals surface area contributed by atoms with E-state index in [4.69, 9.17) is 27.7 Å². The van der Waals surface area contributed by atoms with Gasteiger partial charge in [-0.1, -0.05) is 19.1 Å². The molecule has 6 rings (SSSR count). The number of amides is 1. The lowest BCUT2D eigenvalue weighted by molar-refractivity contribution is -0.172. The summed E-state index contributed by atoms with van der Waals surface area (Å²) >= 11 is 5.85. The average Bonchev–Trinajstić information content (AvgIpc) is 3.27. The molecule has 2 aromatic heterocycles. The van der Waals surface area contributed by atoms with Crippen LogP contribution in [0.1, 0.15) is 72.0 Å². The first-order chi connectivity index (χ1) is 18.2. The Kier molecular flexibility index (Phi) is 5.89. The molecule has 0 fully saturated rings. The first-order valence-electron chi connectivity index (χ1n) is 13.0. The molecule has 0 saturated heterocycles. The molecular weight excluding hydrogens is 507 g/mol. The van der Waals surface area contributed by atoms with Crippen molar-refractivity contribution >= 4 is 35.0 Å².